The zero-order valence-electron chi connectivity index (χ0n) is 17.0. The van der Waals surface area contributed by atoms with Gasteiger partial charge in [0.25, 0.3) is 0 Å². The predicted molar refractivity (Wildman–Crippen MR) is 123 cm³/mol. The topological polar surface area (TPSA) is 102 Å². The molecule has 3 rings (SSSR count). The summed E-state index contributed by atoms with van der Waals surface area (Å²) in [4.78, 5) is 26.8. The van der Waals surface area contributed by atoms with E-state index in [9.17, 15) is 20.2 Å². The van der Waals surface area contributed by atoms with Crippen LogP contribution in [0.4, 0.5) is 17.1 Å². The van der Waals surface area contributed by atoms with Crippen LogP contribution in [0.5, 0.6) is 0 Å². The number of hydrogen-bond acceptors (Lipinski definition) is 6. The van der Waals surface area contributed by atoms with Gasteiger partial charge in [0.1, 0.15) is 0 Å². The van der Waals surface area contributed by atoms with Crippen molar-refractivity contribution in [3.63, 3.8) is 0 Å². The number of nitro groups is 2. The number of aromatic nitrogens is 1. The quantitative estimate of drug-likeness (QED) is 0.382. The van der Waals surface area contributed by atoms with Crippen molar-refractivity contribution in [3.05, 3.63) is 103 Å². The number of rotatable bonds is 7. The smallest absolute Gasteiger partial charge is 0.346 e. The second-order valence-corrected chi connectivity index (χ2v) is 6.93. The molecule has 1 heterocycles. The summed E-state index contributed by atoms with van der Waals surface area (Å²) in [7, 11) is 3.99. The van der Waals surface area contributed by atoms with Crippen molar-refractivity contribution in [2.75, 3.05) is 19.0 Å². The Balaban J connectivity index is 1.70. The maximum atomic E-state index is 11.1. The molecule has 0 bridgehead atoms. The average molecular weight is 416 g/mol. The van der Waals surface area contributed by atoms with Crippen molar-refractivity contribution >= 4 is 41.4 Å². The number of nitro benzene ring substituents is 2. The predicted octanol–water partition coefficient (Wildman–Crippen LogP) is 5.30. The molecular formula is C23H20N4O4. The van der Waals surface area contributed by atoms with Crippen LogP contribution in [0.3, 0.4) is 0 Å². The van der Waals surface area contributed by atoms with E-state index in [4.69, 9.17) is 0 Å². The molecule has 156 valence electrons. The minimum Gasteiger partial charge on any atom is -0.378 e. The van der Waals surface area contributed by atoms with Crippen molar-refractivity contribution in [3.8, 4) is 0 Å². The molecule has 8 heteroatoms. The van der Waals surface area contributed by atoms with Gasteiger partial charge in [-0.25, -0.2) is 0 Å². The van der Waals surface area contributed by atoms with E-state index in [1.165, 1.54) is 12.1 Å². The summed E-state index contributed by atoms with van der Waals surface area (Å²) >= 11 is 0. The lowest BCUT2D eigenvalue weighted by molar-refractivity contribution is -0.422. The minimum absolute atomic E-state index is 0.476. The zero-order chi connectivity index (χ0) is 22.4. The second kappa shape index (κ2) is 9.45. The molecule has 0 aliphatic rings. The molecule has 0 saturated heterocycles. The van der Waals surface area contributed by atoms with E-state index in [0.29, 0.717) is 11.3 Å². The first-order valence-corrected chi connectivity index (χ1v) is 9.36. The third kappa shape index (κ3) is 5.60. The first kappa shape index (κ1) is 21.4. The minimum atomic E-state index is -0.768. The number of nitrogens with zero attached hydrogens (tertiary/aromatic N) is 4. The fraction of sp³-hybridized carbons (Fsp3) is 0.0870. The Kier molecular flexibility index (Phi) is 6.51. The Morgan fingerprint density at radius 2 is 1.32 bits per heavy atom. The molecule has 0 aliphatic heterocycles. The molecule has 0 amide bonds. The lowest BCUT2D eigenvalue weighted by atomic mass is 10.1. The van der Waals surface area contributed by atoms with E-state index in [1.54, 1.807) is 18.3 Å². The first-order chi connectivity index (χ1) is 14.8. The van der Waals surface area contributed by atoms with Gasteiger partial charge < -0.3 is 4.90 Å². The number of anilines is 1. The summed E-state index contributed by atoms with van der Waals surface area (Å²) in [6.45, 7) is 0. The molecule has 2 aromatic carbocycles. The number of hydrogen-bond donors (Lipinski definition) is 0. The third-order valence-corrected chi connectivity index (χ3v) is 4.53. The Labute approximate surface area is 179 Å². The fourth-order valence-corrected chi connectivity index (χ4v) is 2.82. The molecule has 0 N–H and O–H groups in total. The highest BCUT2D eigenvalue weighted by molar-refractivity contribution is 5.73. The van der Waals surface area contributed by atoms with Crippen LogP contribution >= 0.6 is 0 Å². The first-order valence-electron chi connectivity index (χ1n) is 9.36. The molecule has 0 atom stereocenters. The summed E-state index contributed by atoms with van der Waals surface area (Å²) in [6.07, 6.45) is 9.01. The number of benzene rings is 2. The Hall–Kier alpha value is -4.33. The van der Waals surface area contributed by atoms with E-state index in [-0.39, 0.29) is 0 Å². The van der Waals surface area contributed by atoms with Gasteiger partial charge in [0, 0.05) is 38.1 Å². The van der Waals surface area contributed by atoms with Gasteiger partial charge in [0.05, 0.1) is 15.5 Å². The number of pyridine rings is 1. The molecule has 31 heavy (non-hydrogen) atoms. The van der Waals surface area contributed by atoms with Gasteiger partial charge in [0.15, 0.2) is 0 Å². The molecule has 8 nitrogen and oxygen atoms in total. The summed E-state index contributed by atoms with van der Waals surface area (Å²) in [6, 6.07) is 15.7. The van der Waals surface area contributed by atoms with E-state index >= 15 is 0 Å². The van der Waals surface area contributed by atoms with Gasteiger partial charge in [-0.3, -0.25) is 25.2 Å². The van der Waals surface area contributed by atoms with Gasteiger partial charge in [0.2, 0.25) is 0 Å². The standard InChI is InChI=1S/C23H20N4O4/c1-25(2)21-12-7-17(8-13-21)3-4-19-6-11-20(24-16-19)10-5-18-9-14-22(26(28)29)23(15-18)27(30)31/h3-16H,1-2H3. The van der Waals surface area contributed by atoms with Crippen LogP contribution in [0.15, 0.2) is 60.8 Å². The summed E-state index contributed by atoms with van der Waals surface area (Å²) in [5.74, 6) is 0. The maximum Gasteiger partial charge on any atom is 0.346 e. The molecular weight excluding hydrogens is 396 g/mol. The monoisotopic (exact) mass is 416 g/mol. The van der Waals surface area contributed by atoms with Crippen LogP contribution in [-0.2, 0) is 0 Å². The Morgan fingerprint density at radius 1 is 0.742 bits per heavy atom. The van der Waals surface area contributed by atoms with Crippen LogP contribution in [0, 0.1) is 20.2 Å². The molecule has 3 aromatic rings. The largest absolute Gasteiger partial charge is 0.378 e. The molecule has 0 fully saturated rings. The molecule has 0 unspecified atom stereocenters. The molecule has 0 radical (unpaired) electrons. The molecule has 0 aliphatic carbocycles. The second-order valence-electron chi connectivity index (χ2n) is 6.93. The van der Waals surface area contributed by atoms with E-state index in [2.05, 4.69) is 4.98 Å². The Morgan fingerprint density at radius 3 is 1.90 bits per heavy atom. The van der Waals surface area contributed by atoms with E-state index < -0.39 is 21.2 Å². The van der Waals surface area contributed by atoms with Gasteiger partial charge in [-0.2, -0.15) is 0 Å². The van der Waals surface area contributed by atoms with Crippen molar-refractivity contribution < 1.29 is 9.85 Å². The van der Waals surface area contributed by atoms with Gasteiger partial charge >= 0.3 is 11.4 Å². The SMILES string of the molecule is CN(C)c1ccc(C=Cc2ccc(C=Cc3ccc([N+](=O)[O-])c([N+](=O)[O-])c3)nc2)cc1. The summed E-state index contributed by atoms with van der Waals surface area (Å²) < 4.78 is 0. The maximum absolute atomic E-state index is 11.1. The molecule has 0 saturated carbocycles. The van der Waals surface area contributed by atoms with Gasteiger partial charge in [-0.05, 0) is 47.0 Å². The average Bonchev–Trinajstić information content (AvgIpc) is 2.77. The molecule has 0 spiro atoms. The summed E-state index contributed by atoms with van der Waals surface area (Å²) in [5.41, 5.74) is 3.20. The summed E-state index contributed by atoms with van der Waals surface area (Å²) in [5, 5.41) is 22.0. The van der Waals surface area contributed by atoms with Crippen molar-refractivity contribution in [2.45, 2.75) is 0 Å². The van der Waals surface area contributed by atoms with Crippen molar-refractivity contribution in [1.29, 1.82) is 0 Å². The van der Waals surface area contributed by atoms with Crippen LogP contribution < -0.4 is 4.90 Å². The van der Waals surface area contributed by atoms with Crippen LogP contribution in [0.2, 0.25) is 0 Å². The van der Waals surface area contributed by atoms with E-state index in [1.807, 2.05) is 67.5 Å². The third-order valence-electron chi connectivity index (χ3n) is 4.53. The highest BCUT2D eigenvalue weighted by Gasteiger charge is 2.23. The van der Waals surface area contributed by atoms with Crippen LogP contribution in [-0.4, -0.2) is 28.9 Å². The highest BCUT2D eigenvalue weighted by Crippen LogP contribution is 2.28. The lowest BCUT2D eigenvalue weighted by Gasteiger charge is -2.11. The van der Waals surface area contributed by atoms with Crippen LogP contribution in [0.25, 0.3) is 24.3 Å². The normalized spacial score (nSPS) is 11.2. The van der Waals surface area contributed by atoms with E-state index in [0.717, 1.165) is 22.9 Å². The van der Waals surface area contributed by atoms with Crippen molar-refractivity contribution in [1.82, 2.24) is 4.98 Å². The lowest BCUT2D eigenvalue weighted by Crippen LogP contribution is -2.07. The van der Waals surface area contributed by atoms with Gasteiger partial charge in [-0.1, -0.05) is 36.4 Å². The Bertz CT molecular complexity index is 1150. The van der Waals surface area contributed by atoms with Gasteiger partial charge in [-0.15, -0.1) is 0 Å². The zero-order valence-corrected chi connectivity index (χ0v) is 17.0. The van der Waals surface area contributed by atoms with Crippen molar-refractivity contribution in [2.24, 2.45) is 0 Å². The van der Waals surface area contributed by atoms with Crippen LogP contribution in [0.1, 0.15) is 22.4 Å². The highest BCUT2D eigenvalue weighted by atomic mass is 16.6. The fourth-order valence-electron chi connectivity index (χ4n) is 2.82. The molecule has 1 aromatic heterocycles.